The summed E-state index contributed by atoms with van der Waals surface area (Å²) in [6, 6.07) is 1.74. The van der Waals surface area contributed by atoms with Gasteiger partial charge in [0.05, 0.1) is 6.10 Å². The Morgan fingerprint density at radius 2 is 1.83 bits per heavy atom. The van der Waals surface area contributed by atoms with Crippen molar-refractivity contribution in [2.75, 3.05) is 0 Å². The average molecular weight is 193 g/mol. The zero-order valence-corrected chi connectivity index (χ0v) is 7.07. The molecule has 0 saturated heterocycles. The molecule has 0 radical (unpaired) electrons. The molecule has 1 rings (SSSR count). The lowest BCUT2D eigenvalue weighted by Gasteiger charge is -2.06. The molecular formula is C8H7ClF2O. The predicted octanol–water partition coefficient (Wildman–Crippen LogP) is 2.67. The molecule has 0 fully saturated rings. The second-order valence-electron chi connectivity index (χ2n) is 2.46. The fourth-order valence-corrected chi connectivity index (χ4v) is 1.17. The van der Waals surface area contributed by atoms with Crippen LogP contribution in [0.2, 0.25) is 5.02 Å². The molecule has 66 valence electrons. The highest BCUT2D eigenvalue weighted by Gasteiger charge is 2.11. The monoisotopic (exact) mass is 192 g/mol. The van der Waals surface area contributed by atoms with Crippen LogP contribution in [0.25, 0.3) is 0 Å². The normalized spacial score (nSPS) is 13.1. The Bertz CT molecular complexity index is 299. The molecule has 0 bridgehead atoms. The van der Waals surface area contributed by atoms with Crippen molar-refractivity contribution in [2.24, 2.45) is 0 Å². The topological polar surface area (TPSA) is 20.2 Å². The van der Waals surface area contributed by atoms with E-state index in [1.807, 2.05) is 0 Å². The fraction of sp³-hybridized carbons (Fsp3) is 0.250. The van der Waals surface area contributed by atoms with Gasteiger partial charge in [-0.05, 0) is 19.1 Å². The average Bonchev–Trinajstić information content (AvgIpc) is 1.96. The highest BCUT2D eigenvalue weighted by atomic mass is 35.5. The molecule has 1 N–H and O–H groups in total. The van der Waals surface area contributed by atoms with Crippen molar-refractivity contribution in [1.29, 1.82) is 0 Å². The van der Waals surface area contributed by atoms with Crippen LogP contribution in [0.1, 0.15) is 18.6 Å². The van der Waals surface area contributed by atoms with E-state index in [-0.39, 0.29) is 10.6 Å². The van der Waals surface area contributed by atoms with Crippen LogP contribution >= 0.6 is 11.6 Å². The largest absolute Gasteiger partial charge is 0.389 e. The van der Waals surface area contributed by atoms with E-state index in [0.717, 1.165) is 12.1 Å². The number of hydrogen-bond acceptors (Lipinski definition) is 1. The quantitative estimate of drug-likeness (QED) is 0.679. The van der Waals surface area contributed by atoms with E-state index in [1.54, 1.807) is 0 Å². The number of benzene rings is 1. The summed E-state index contributed by atoms with van der Waals surface area (Å²) in [6.07, 6.45) is -0.896. The Hall–Kier alpha value is -0.670. The van der Waals surface area contributed by atoms with Gasteiger partial charge in [0.15, 0.2) is 11.6 Å². The number of rotatable bonds is 1. The molecule has 0 spiro atoms. The van der Waals surface area contributed by atoms with Crippen LogP contribution in [-0.4, -0.2) is 5.11 Å². The van der Waals surface area contributed by atoms with Gasteiger partial charge in [-0.2, -0.15) is 0 Å². The summed E-state index contributed by atoms with van der Waals surface area (Å²) in [5.74, 6) is -2.01. The van der Waals surface area contributed by atoms with E-state index >= 15 is 0 Å². The molecule has 0 aliphatic rings. The minimum absolute atomic E-state index is 0.0314. The summed E-state index contributed by atoms with van der Waals surface area (Å²) in [5.41, 5.74) is 0.190. The van der Waals surface area contributed by atoms with Gasteiger partial charge in [-0.1, -0.05) is 11.6 Å². The molecule has 1 unspecified atom stereocenters. The van der Waals surface area contributed by atoms with E-state index in [1.165, 1.54) is 6.92 Å². The Kier molecular flexibility index (Phi) is 2.65. The molecule has 0 aromatic heterocycles. The summed E-state index contributed by atoms with van der Waals surface area (Å²) in [6.45, 7) is 1.43. The zero-order chi connectivity index (χ0) is 9.30. The first-order chi connectivity index (χ1) is 5.52. The summed E-state index contributed by atoms with van der Waals surface area (Å²) < 4.78 is 25.1. The van der Waals surface area contributed by atoms with E-state index in [2.05, 4.69) is 0 Å². The molecule has 4 heteroatoms. The van der Waals surface area contributed by atoms with Gasteiger partial charge in [0.1, 0.15) is 0 Å². The lowest BCUT2D eigenvalue weighted by Crippen LogP contribution is -1.95. The summed E-state index contributed by atoms with van der Waals surface area (Å²) in [7, 11) is 0. The van der Waals surface area contributed by atoms with Gasteiger partial charge in [-0.25, -0.2) is 8.78 Å². The van der Waals surface area contributed by atoms with Gasteiger partial charge in [-0.3, -0.25) is 0 Å². The minimum atomic E-state index is -1.01. The second kappa shape index (κ2) is 3.37. The highest BCUT2D eigenvalue weighted by molar-refractivity contribution is 6.31. The van der Waals surface area contributed by atoms with E-state index in [0.29, 0.717) is 0 Å². The molecule has 12 heavy (non-hydrogen) atoms. The van der Waals surface area contributed by atoms with Gasteiger partial charge in [0.2, 0.25) is 0 Å². The van der Waals surface area contributed by atoms with Gasteiger partial charge >= 0.3 is 0 Å². The third kappa shape index (κ3) is 1.73. The van der Waals surface area contributed by atoms with Crippen LogP contribution in [-0.2, 0) is 0 Å². The maximum Gasteiger partial charge on any atom is 0.160 e. The first-order valence-electron chi connectivity index (χ1n) is 3.35. The maximum absolute atomic E-state index is 12.6. The second-order valence-corrected chi connectivity index (χ2v) is 2.87. The maximum atomic E-state index is 12.6. The number of hydrogen-bond donors (Lipinski definition) is 1. The van der Waals surface area contributed by atoms with Crippen molar-refractivity contribution in [3.8, 4) is 0 Å². The molecule has 0 aliphatic carbocycles. The number of halogens is 3. The molecule has 1 atom stereocenters. The van der Waals surface area contributed by atoms with Crippen molar-refractivity contribution >= 4 is 11.6 Å². The van der Waals surface area contributed by atoms with Crippen LogP contribution in [0, 0.1) is 11.6 Å². The van der Waals surface area contributed by atoms with Crippen molar-refractivity contribution in [1.82, 2.24) is 0 Å². The number of aliphatic hydroxyl groups excluding tert-OH is 1. The number of aliphatic hydroxyl groups is 1. The van der Waals surface area contributed by atoms with Gasteiger partial charge in [0, 0.05) is 10.6 Å². The van der Waals surface area contributed by atoms with Crippen LogP contribution in [0.5, 0.6) is 0 Å². The third-order valence-electron chi connectivity index (χ3n) is 1.49. The van der Waals surface area contributed by atoms with E-state index in [4.69, 9.17) is 16.7 Å². The molecule has 0 aliphatic heterocycles. The lowest BCUT2D eigenvalue weighted by atomic mass is 10.1. The van der Waals surface area contributed by atoms with Crippen molar-refractivity contribution in [3.05, 3.63) is 34.4 Å². The van der Waals surface area contributed by atoms with Gasteiger partial charge < -0.3 is 5.11 Å². The summed E-state index contributed by atoms with van der Waals surface area (Å²) in [5, 5.41) is 9.08. The van der Waals surface area contributed by atoms with Crippen molar-refractivity contribution < 1.29 is 13.9 Å². The van der Waals surface area contributed by atoms with Crippen LogP contribution < -0.4 is 0 Å². The predicted molar refractivity (Wildman–Crippen MR) is 42.0 cm³/mol. The zero-order valence-electron chi connectivity index (χ0n) is 6.31. The molecule has 1 aromatic carbocycles. The molecule has 1 aromatic rings. The summed E-state index contributed by atoms with van der Waals surface area (Å²) >= 11 is 5.53. The van der Waals surface area contributed by atoms with Crippen LogP contribution in [0.15, 0.2) is 12.1 Å². The molecule has 0 saturated carbocycles. The Morgan fingerprint density at radius 1 is 1.33 bits per heavy atom. The van der Waals surface area contributed by atoms with Crippen LogP contribution in [0.4, 0.5) is 8.78 Å². The Labute approximate surface area is 73.6 Å². The smallest absolute Gasteiger partial charge is 0.160 e. The molecule has 1 nitrogen and oxygen atoms in total. The van der Waals surface area contributed by atoms with Gasteiger partial charge in [0.25, 0.3) is 0 Å². The third-order valence-corrected chi connectivity index (χ3v) is 1.82. The van der Waals surface area contributed by atoms with Gasteiger partial charge in [-0.15, -0.1) is 0 Å². The van der Waals surface area contributed by atoms with Crippen LogP contribution in [0.3, 0.4) is 0 Å². The van der Waals surface area contributed by atoms with E-state index in [9.17, 15) is 8.78 Å². The standard InChI is InChI=1S/C8H7ClF2O/c1-4(12)5-2-7(10)8(11)3-6(5)9/h2-4,12H,1H3. The first-order valence-corrected chi connectivity index (χ1v) is 3.72. The Balaban J connectivity index is 3.23. The molecule has 0 amide bonds. The minimum Gasteiger partial charge on any atom is -0.389 e. The van der Waals surface area contributed by atoms with Crippen molar-refractivity contribution in [3.63, 3.8) is 0 Å². The highest BCUT2D eigenvalue weighted by Crippen LogP contribution is 2.25. The lowest BCUT2D eigenvalue weighted by molar-refractivity contribution is 0.198. The molecular weight excluding hydrogens is 186 g/mol. The molecule has 0 heterocycles. The fourth-order valence-electron chi connectivity index (χ4n) is 0.858. The first kappa shape index (κ1) is 9.42. The SMILES string of the molecule is CC(O)c1cc(F)c(F)cc1Cl. The Morgan fingerprint density at radius 3 is 2.33 bits per heavy atom. The van der Waals surface area contributed by atoms with E-state index < -0.39 is 17.7 Å². The summed E-state index contributed by atoms with van der Waals surface area (Å²) in [4.78, 5) is 0. The van der Waals surface area contributed by atoms with Crippen molar-refractivity contribution in [2.45, 2.75) is 13.0 Å².